The smallest absolute Gasteiger partial charge is 0.289 e. The van der Waals surface area contributed by atoms with Gasteiger partial charge in [-0.05, 0) is 30.3 Å². The molecule has 0 unspecified atom stereocenters. The first-order valence-corrected chi connectivity index (χ1v) is 8.30. The minimum atomic E-state index is -0.601. The van der Waals surface area contributed by atoms with Crippen LogP contribution in [0.3, 0.4) is 0 Å². The predicted molar refractivity (Wildman–Crippen MR) is 97.9 cm³/mol. The van der Waals surface area contributed by atoms with Gasteiger partial charge in [-0.15, -0.1) is 11.3 Å². The number of hydrogen-bond acceptors (Lipinski definition) is 6. The summed E-state index contributed by atoms with van der Waals surface area (Å²) >= 11 is 7.21. The Hall–Kier alpha value is -2.97. The molecule has 0 bridgehead atoms. The van der Waals surface area contributed by atoms with Crippen molar-refractivity contribution in [3.63, 3.8) is 0 Å². The minimum absolute atomic E-state index is 0.0117. The number of carbonyl (C=O) groups is 1. The van der Waals surface area contributed by atoms with Gasteiger partial charge in [-0.1, -0.05) is 17.7 Å². The third-order valence-corrected chi connectivity index (χ3v) is 4.22. The summed E-state index contributed by atoms with van der Waals surface area (Å²) < 4.78 is 0. The lowest BCUT2D eigenvalue weighted by atomic mass is 10.2. The fourth-order valence-corrected chi connectivity index (χ4v) is 2.82. The first-order chi connectivity index (χ1) is 12.0. The number of nitrogens with zero attached hydrogens (tertiary/aromatic N) is 2. The van der Waals surface area contributed by atoms with Gasteiger partial charge in [0, 0.05) is 34.6 Å². The second kappa shape index (κ2) is 7.29. The summed E-state index contributed by atoms with van der Waals surface area (Å²) in [6.45, 7) is 0. The molecule has 9 heteroatoms. The molecule has 2 aromatic carbocycles. The molecule has 0 saturated heterocycles. The second-order valence-electron chi connectivity index (χ2n) is 4.92. The summed E-state index contributed by atoms with van der Waals surface area (Å²) in [5, 5.41) is 19.2. The van der Waals surface area contributed by atoms with E-state index in [4.69, 9.17) is 11.6 Å². The van der Waals surface area contributed by atoms with Crippen LogP contribution in [0, 0.1) is 10.1 Å². The molecule has 0 aliphatic rings. The van der Waals surface area contributed by atoms with Gasteiger partial charge in [0.15, 0.2) is 5.13 Å². The molecular formula is C16H11ClN4O3S. The van der Waals surface area contributed by atoms with E-state index in [2.05, 4.69) is 15.6 Å². The van der Waals surface area contributed by atoms with E-state index in [1.807, 2.05) is 11.4 Å². The number of carbonyl (C=O) groups excluding carboxylic acids is 1. The highest BCUT2D eigenvalue weighted by Gasteiger charge is 2.14. The molecule has 0 fully saturated rings. The Bertz CT molecular complexity index is 931. The highest BCUT2D eigenvalue weighted by Crippen LogP contribution is 2.28. The maximum atomic E-state index is 12.4. The Kier molecular flexibility index (Phi) is 4.92. The van der Waals surface area contributed by atoms with Gasteiger partial charge in [0.1, 0.15) is 5.02 Å². The van der Waals surface area contributed by atoms with Gasteiger partial charge in [-0.2, -0.15) is 0 Å². The number of amides is 1. The van der Waals surface area contributed by atoms with Crippen molar-refractivity contribution in [2.75, 3.05) is 10.6 Å². The molecule has 0 aliphatic heterocycles. The van der Waals surface area contributed by atoms with Crippen molar-refractivity contribution in [3.05, 3.63) is 74.7 Å². The Balaban J connectivity index is 1.77. The topological polar surface area (TPSA) is 97.2 Å². The van der Waals surface area contributed by atoms with Crippen LogP contribution in [-0.4, -0.2) is 15.8 Å². The molecule has 1 aromatic heterocycles. The minimum Gasteiger partial charge on any atom is -0.332 e. The fourth-order valence-electron chi connectivity index (χ4n) is 2.08. The molecule has 0 spiro atoms. The average molecular weight is 375 g/mol. The number of halogens is 1. The first-order valence-electron chi connectivity index (χ1n) is 7.05. The molecule has 3 rings (SSSR count). The van der Waals surface area contributed by atoms with Crippen LogP contribution in [-0.2, 0) is 0 Å². The lowest BCUT2D eigenvalue weighted by molar-refractivity contribution is -0.384. The fraction of sp³-hybridized carbons (Fsp3) is 0. The number of nitrogens with one attached hydrogen (secondary N) is 2. The number of nitro benzene ring substituents is 1. The molecule has 1 heterocycles. The number of hydrogen-bond donors (Lipinski definition) is 2. The van der Waals surface area contributed by atoms with Crippen LogP contribution >= 0.6 is 22.9 Å². The summed E-state index contributed by atoms with van der Waals surface area (Å²) in [6, 6.07) is 11.0. The van der Waals surface area contributed by atoms with E-state index < -0.39 is 4.92 Å². The monoisotopic (exact) mass is 374 g/mol. The number of aromatic nitrogens is 1. The van der Waals surface area contributed by atoms with Gasteiger partial charge in [0.25, 0.3) is 11.6 Å². The summed E-state index contributed by atoms with van der Waals surface area (Å²) in [4.78, 5) is 26.8. The second-order valence-corrected chi connectivity index (χ2v) is 6.22. The van der Waals surface area contributed by atoms with Gasteiger partial charge >= 0.3 is 0 Å². The molecule has 25 heavy (non-hydrogen) atoms. The van der Waals surface area contributed by atoms with Gasteiger partial charge in [-0.25, -0.2) is 4.98 Å². The van der Waals surface area contributed by atoms with E-state index >= 15 is 0 Å². The normalized spacial score (nSPS) is 10.3. The molecular weight excluding hydrogens is 364 g/mol. The standard InChI is InChI=1S/C16H11ClN4O3S/c17-13-5-4-12(9-14(13)21(23)24)19-15(22)10-2-1-3-11(8-10)20-16-18-6-7-25-16/h1-9H,(H,18,20)(H,19,22). The Morgan fingerprint density at radius 2 is 2.04 bits per heavy atom. The van der Waals surface area contributed by atoms with Crippen LogP contribution in [0.25, 0.3) is 0 Å². The van der Waals surface area contributed by atoms with Gasteiger partial charge in [0.05, 0.1) is 4.92 Å². The third-order valence-electron chi connectivity index (χ3n) is 3.21. The van der Waals surface area contributed by atoms with Crippen LogP contribution in [0.15, 0.2) is 54.0 Å². The molecule has 7 nitrogen and oxygen atoms in total. The number of nitro groups is 1. The average Bonchev–Trinajstić information content (AvgIpc) is 3.09. The zero-order valence-electron chi connectivity index (χ0n) is 12.6. The zero-order chi connectivity index (χ0) is 17.8. The number of anilines is 3. The van der Waals surface area contributed by atoms with Crippen molar-refractivity contribution in [1.82, 2.24) is 4.98 Å². The molecule has 0 aliphatic carbocycles. The summed E-state index contributed by atoms with van der Waals surface area (Å²) in [5.41, 5.74) is 1.14. The van der Waals surface area contributed by atoms with Gasteiger partial charge in [0.2, 0.25) is 0 Å². The maximum Gasteiger partial charge on any atom is 0.289 e. The highest BCUT2D eigenvalue weighted by molar-refractivity contribution is 7.13. The van der Waals surface area contributed by atoms with Crippen molar-refractivity contribution in [1.29, 1.82) is 0 Å². The molecule has 0 saturated carbocycles. The van der Waals surface area contributed by atoms with Gasteiger partial charge < -0.3 is 10.6 Å². The maximum absolute atomic E-state index is 12.4. The van der Waals surface area contributed by atoms with Gasteiger partial charge in [-0.3, -0.25) is 14.9 Å². The van der Waals surface area contributed by atoms with E-state index in [9.17, 15) is 14.9 Å². The molecule has 0 radical (unpaired) electrons. The zero-order valence-corrected chi connectivity index (χ0v) is 14.2. The summed E-state index contributed by atoms with van der Waals surface area (Å²) in [7, 11) is 0. The highest BCUT2D eigenvalue weighted by atomic mass is 35.5. The molecule has 3 aromatic rings. The first kappa shape index (κ1) is 16.9. The number of rotatable bonds is 5. The lowest BCUT2D eigenvalue weighted by Gasteiger charge is -2.08. The van der Waals surface area contributed by atoms with Crippen LogP contribution in [0.1, 0.15) is 10.4 Å². The Labute approximate surface area is 151 Å². The van der Waals surface area contributed by atoms with E-state index in [1.165, 1.54) is 29.5 Å². The molecule has 0 atom stereocenters. The van der Waals surface area contributed by atoms with Crippen molar-refractivity contribution >= 4 is 51.0 Å². The Morgan fingerprint density at radius 3 is 2.76 bits per heavy atom. The number of benzene rings is 2. The molecule has 1 amide bonds. The predicted octanol–water partition coefficient (Wildman–Crippen LogP) is 4.70. The van der Waals surface area contributed by atoms with E-state index in [-0.39, 0.29) is 16.6 Å². The number of thiazole rings is 1. The van der Waals surface area contributed by atoms with E-state index in [0.717, 1.165) is 0 Å². The quantitative estimate of drug-likeness (QED) is 0.498. The summed E-state index contributed by atoms with van der Waals surface area (Å²) in [5.74, 6) is -0.389. The van der Waals surface area contributed by atoms with Crippen molar-refractivity contribution in [3.8, 4) is 0 Å². The van der Waals surface area contributed by atoms with Crippen molar-refractivity contribution < 1.29 is 9.72 Å². The van der Waals surface area contributed by atoms with Crippen LogP contribution in [0.4, 0.5) is 22.2 Å². The SMILES string of the molecule is O=C(Nc1ccc(Cl)c([N+](=O)[O-])c1)c1cccc(Nc2nccs2)c1. The van der Waals surface area contributed by atoms with Crippen LogP contribution in [0.2, 0.25) is 5.02 Å². The molecule has 2 N–H and O–H groups in total. The van der Waals surface area contributed by atoms with Crippen molar-refractivity contribution in [2.45, 2.75) is 0 Å². The molecule has 126 valence electrons. The largest absolute Gasteiger partial charge is 0.332 e. The van der Waals surface area contributed by atoms with E-state index in [0.29, 0.717) is 22.1 Å². The summed E-state index contributed by atoms with van der Waals surface area (Å²) in [6.07, 6.45) is 1.68. The Morgan fingerprint density at radius 1 is 1.20 bits per heavy atom. The van der Waals surface area contributed by atoms with E-state index in [1.54, 1.807) is 24.4 Å². The lowest BCUT2D eigenvalue weighted by Crippen LogP contribution is -2.12. The van der Waals surface area contributed by atoms with Crippen molar-refractivity contribution in [2.24, 2.45) is 0 Å². The van der Waals surface area contributed by atoms with Crippen LogP contribution < -0.4 is 10.6 Å². The third kappa shape index (κ3) is 4.11. The van der Waals surface area contributed by atoms with Crippen LogP contribution in [0.5, 0.6) is 0 Å².